The van der Waals surface area contributed by atoms with Crippen LogP contribution in [0, 0.1) is 0 Å². The molecule has 0 unspecified atom stereocenters. The smallest absolute Gasteiger partial charge is 0.338 e. The Balaban J connectivity index is 2.87. The Bertz CT molecular complexity index is 510. The molecule has 6 nitrogen and oxygen atoms in total. The molecule has 0 saturated carbocycles. The lowest BCUT2D eigenvalue weighted by Crippen LogP contribution is -2.35. The number of benzene rings is 1. The van der Waals surface area contributed by atoms with E-state index in [9.17, 15) is 9.59 Å². The van der Waals surface area contributed by atoms with Crippen molar-refractivity contribution in [1.82, 2.24) is 0 Å². The Morgan fingerprint density at radius 2 is 1.21 bits per heavy atom. The van der Waals surface area contributed by atoms with Crippen molar-refractivity contribution in [3.8, 4) is 0 Å². The fourth-order valence-corrected chi connectivity index (χ4v) is 1.10. The predicted octanol–water partition coefficient (Wildman–Crippen LogP) is -1.84. The number of rotatable bonds is 0. The van der Waals surface area contributed by atoms with Crippen LogP contribution in [0.1, 0.15) is 0 Å². The molecule has 2 amide bonds. The molecule has 4 N–H and O–H groups in total. The van der Waals surface area contributed by atoms with E-state index < -0.39 is 11.8 Å². The largest absolute Gasteiger partial charge is 0.397 e. The molecule has 0 saturated heterocycles. The van der Waals surface area contributed by atoms with Crippen LogP contribution in [-0.4, -0.2) is 11.8 Å². The number of nitrogen functional groups attached to an aromatic ring is 2. The molecular weight excluding hydrogens is 184 g/mol. The summed E-state index contributed by atoms with van der Waals surface area (Å²) in [6.07, 6.45) is 0. The molecule has 1 aliphatic rings. The SMILES string of the molecule is Nc1cc2c(cc1N)=NC(=O)C(=O)N=2. The van der Waals surface area contributed by atoms with Crippen molar-refractivity contribution in [1.29, 1.82) is 0 Å². The van der Waals surface area contributed by atoms with Crippen LogP contribution in [0.5, 0.6) is 0 Å². The van der Waals surface area contributed by atoms with E-state index in [1.165, 1.54) is 12.1 Å². The molecule has 0 fully saturated rings. The zero-order valence-corrected chi connectivity index (χ0v) is 7.02. The molecule has 0 radical (unpaired) electrons. The standard InChI is InChI=1S/C8H6N4O2/c9-3-1-5-6(2-4(3)10)12-8(14)7(13)11-5/h1-2H,9-10H2. The van der Waals surface area contributed by atoms with Gasteiger partial charge in [-0.15, -0.1) is 0 Å². The lowest BCUT2D eigenvalue weighted by atomic mass is 10.2. The van der Waals surface area contributed by atoms with Crippen molar-refractivity contribution < 1.29 is 9.59 Å². The van der Waals surface area contributed by atoms with Gasteiger partial charge in [0, 0.05) is 0 Å². The first-order chi connectivity index (χ1) is 6.58. The van der Waals surface area contributed by atoms with Gasteiger partial charge < -0.3 is 11.5 Å². The zero-order chi connectivity index (χ0) is 10.3. The second-order valence-electron chi connectivity index (χ2n) is 2.80. The van der Waals surface area contributed by atoms with Gasteiger partial charge in [-0.1, -0.05) is 0 Å². The highest BCUT2D eigenvalue weighted by Crippen LogP contribution is 2.06. The molecule has 0 bridgehead atoms. The zero-order valence-electron chi connectivity index (χ0n) is 7.02. The molecule has 2 rings (SSSR count). The molecule has 0 aromatic heterocycles. The molecule has 1 heterocycles. The molecule has 70 valence electrons. The summed E-state index contributed by atoms with van der Waals surface area (Å²) >= 11 is 0. The fourth-order valence-electron chi connectivity index (χ4n) is 1.10. The maximum Gasteiger partial charge on any atom is 0.338 e. The summed E-state index contributed by atoms with van der Waals surface area (Å²) in [5.74, 6) is -1.77. The monoisotopic (exact) mass is 190 g/mol. The van der Waals surface area contributed by atoms with Gasteiger partial charge in [0.1, 0.15) is 0 Å². The van der Waals surface area contributed by atoms with Crippen molar-refractivity contribution in [3.63, 3.8) is 0 Å². The van der Waals surface area contributed by atoms with Gasteiger partial charge in [-0.3, -0.25) is 9.59 Å². The second kappa shape index (κ2) is 2.63. The number of carbonyl (C=O) groups excluding carboxylic acids is 2. The lowest BCUT2D eigenvalue weighted by Gasteiger charge is -2.01. The Morgan fingerprint density at radius 1 is 0.857 bits per heavy atom. The maximum absolute atomic E-state index is 10.9. The molecule has 0 aliphatic carbocycles. The number of amides is 2. The minimum Gasteiger partial charge on any atom is -0.397 e. The summed E-state index contributed by atoms with van der Waals surface area (Å²) in [5.41, 5.74) is 11.6. The van der Waals surface area contributed by atoms with Crippen molar-refractivity contribution >= 4 is 23.2 Å². The molecule has 0 spiro atoms. The quantitative estimate of drug-likeness (QED) is 0.369. The first-order valence-electron chi connectivity index (χ1n) is 3.78. The summed E-state index contributed by atoms with van der Waals surface area (Å²) in [6, 6.07) is 2.83. The van der Waals surface area contributed by atoms with E-state index in [1.807, 2.05) is 0 Å². The van der Waals surface area contributed by atoms with Gasteiger partial charge in [0.05, 0.1) is 22.1 Å². The van der Waals surface area contributed by atoms with E-state index in [1.54, 1.807) is 0 Å². The Kier molecular flexibility index (Phi) is 1.57. The van der Waals surface area contributed by atoms with E-state index >= 15 is 0 Å². The third-order valence-electron chi connectivity index (χ3n) is 1.81. The van der Waals surface area contributed by atoms with Gasteiger partial charge in [0.15, 0.2) is 0 Å². The molecule has 6 heteroatoms. The Labute approximate surface area is 77.9 Å². The highest BCUT2D eigenvalue weighted by Gasteiger charge is 2.15. The highest BCUT2D eigenvalue weighted by molar-refractivity contribution is 6.36. The van der Waals surface area contributed by atoms with Crippen LogP contribution < -0.4 is 22.2 Å². The summed E-state index contributed by atoms with van der Waals surface area (Å²) in [6.45, 7) is 0. The lowest BCUT2D eigenvalue weighted by molar-refractivity contribution is -0.135. The molecular formula is C8H6N4O2. The van der Waals surface area contributed by atoms with Gasteiger partial charge in [-0.2, -0.15) is 0 Å². The summed E-state index contributed by atoms with van der Waals surface area (Å²) in [4.78, 5) is 28.8. The first-order valence-corrected chi connectivity index (χ1v) is 3.78. The van der Waals surface area contributed by atoms with Crippen LogP contribution in [0.25, 0.3) is 0 Å². The number of fused-ring (bicyclic) bond motifs is 1. The Morgan fingerprint density at radius 3 is 1.57 bits per heavy atom. The van der Waals surface area contributed by atoms with Crippen molar-refractivity contribution in [2.24, 2.45) is 9.98 Å². The van der Waals surface area contributed by atoms with Gasteiger partial charge in [-0.05, 0) is 12.1 Å². The van der Waals surface area contributed by atoms with E-state index in [0.717, 1.165) is 0 Å². The van der Waals surface area contributed by atoms with Crippen LogP contribution in [-0.2, 0) is 9.59 Å². The highest BCUT2D eigenvalue weighted by atomic mass is 16.2. The first kappa shape index (κ1) is 8.36. The van der Waals surface area contributed by atoms with Crippen LogP contribution >= 0.6 is 0 Å². The van der Waals surface area contributed by atoms with Crippen molar-refractivity contribution in [3.05, 3.63) is 22.8 Å². The van der Waals surface area contributed by atoms with Gasteiger partial charge in [0.25, 0.3) is 0 Å². The summed E-state index contributed by atoms with van der Waals surface area (Å²) < 4.78 is 0. The number of hydrogen-bond acceptors (Lipinski definition) is 4. The van der Waals surface area contributed by atoms with Gasteiger partial charge in [-0.25, -0.2) is 9.98 Å². The maximum atomic E-state index is 10.9. The van der Waals surface area contributed by atoms with E-state index in [4.69, 9.17) is 11.5 Å². The molecule has 14 heavy (non-hydrogen) atoms. The van der Waals surface area contributed by atoms with E-state index in [2.05, 4.69) is 9.98 Å². The van der Waals surface area contributed by atoms with Gasteiger partial charge >= 0.3 is 11.8 Å². The van der Waals surface area contributed by atoms with Crippen LogP contribution in [0.15, 0.2) is 22.1 Å². The number of hydrogen-bond donors (Lipinski definition) is 2. The topological polar surface area (TPSA) is 111 Å². The average Bonchev–Trinajstić information content (AvgIpc) is 2.11. The second-order valence-corrected chi connectivity index (χ2v) is 2.80. The number of anilines is 2. The number of carbonyl (C=O) groups is 2. The summed E-state index contributed by atoms with van der Waals surface area (Å²) in [5, 5.41) is 0.558. The van der Waals surface area contributed by atoms with Crippen LogP contribution in [0.4, 0.5) is 11.4 Å². The summed E-state index contributed by atoms with van der Waals surface area (Å²) in [7, 11) is 0. The molecule has 1 aromatic carbocycles. The third kappa shape index (κ3) is 1.13. The van der Waals surface area contributed by atoms with Gasteiger partial charge in [0.2, 0.25) is 0 Å². The Hall–Kier alpha value is -2.24. The number of nitrogens with two attached hydrogens (primary N) is 2. The van der Waals surface area contributed by atoms with Crippen molar-refractivity contribution in [2.45, 2.75) is 0 Å². The van der Waals surface area contributed by atoms with Crippen LogP contribution in [0.2, 0.25) is 0 Å². The molecule has 0 atom stereocenters. The predicted molar refractivity (Wildman–Crippen MR) is 47.6 cm³/mol. The third-order valence-corrected chi connectivity index (χ3v) is 1.81. The molecule has 1 aliphatic heterocycles. The molecule has 1 aromatic rings. The average molecular weight is 190 g/mol. The minimum atomic E-state index is -0.887. The number of nitrogens with zero attached hydrogens (tertiary/aromatic N) is 2. The normalized spacial score (nSPS) is 14.3. The fraction of sp³-hybridized carbons (Fsp3) is 0. The minimum absolute atomic E-state index is 0.279. The van der Waals surface area contributed by atoms with Crippen molar-refractivity contribution in [2.75, 3.05) is 11.5 Å². The van der Waals surface area contributed by atoms with E-state index in [-0.39, 0.29) is 10.7 Å². The van der Waals surface area contributed by atoms with E-state index in [0.29, 0.717) is 11.4 Å². The van der Waals surface area contributed by atoms with Crippen LogP contribution in [0.3, 0.4) is 0 Å².